The van der Waals surface area contributed by atoms with E-state index < -0.39 is 16.7 Å². The number of hydrogen-bond acceptors (Lipinski definition) is 3. The number of benzene rings is 2. The lowest BCUT2D eigenvalue weighted by Crippen LogP contribution is -2.36. The van der Waals surface area contributed by atoms with Crippen molar-refractivity contribution in [3.63, 3.8) is 0 Å². The summed E-state index contributed by atoms with van der Waals surface area (Å²) in [6, 6.07) is 11.0. The molecule has 2 rings (SSSR count). The van der Waals surface area contributed by atoms with Crippen LogP contribution in [-0.2, 0) is 19.3 Å². The third kappa shape index (κ3) is 5.47. The summed E-state index contributed by atoms with van der Waals surface area (Å²) in [5, 5.41) is 16.7. The second-order valence-corrected chi connectivity index (χ2v) is 5.40. The minimum Gasteiger partial charge on any atom is -0.352 e. The zero-order chi connectivity index (χ0) is 19.2. The number of rotatable bonds is 5. The van der Waals surface area contributed by atoms with Gasteiger partial charge in [-0.2, -0.15) is 13.2 Å². The number of hydrogen-bond donors (Lipinski definition) is 2. The minimum atomic E-state index is -4.36. The Bertz CT molecular complexity index is 789. The molecule has 2 aromatic rings. The van der Waals surface area contributed by atoms with E-state index in [4.69, 9.17) is 0 Å². The van der Waals surface area contributed by atoms with E-state index in [-0.39, 0.29) is 12.2 Å². The van der Waals surface area contributed by atoms with Gasteiger partial charge in [-0.25, -0.2) is 0 Å². The van der Waals surface area contributed by atoms with Crippen LogP contribution < -0.4 is 10.6 Å². The maximum absolute atomic E-state index is 12.5. The smallest absolute Gasteiger partial charge is 0.352 e. The van der Waals surface area contributed by atoms with Gasteiger partial charge in [-0.15, -0.1) is 0 Å². The second-order valence-electron chi connectivity index (χ2n) is 5.40. The van der Waals surface area contributed by atoms with Crippen LogP contribution in [0.5, 0.6) is 0 Å². The number of guanidine groups is 1. The molecule has 2 N–H and O–H groups in total. The minimum absolute atomic E-state index is 0.00278. The molecule has 0 atom stereocenters. The first-order chi connectivity index (χ1) is 12.3. The lowest BCUT2D eigenvalue weighted by atomic mass is 10.1. The average molecular weight is 366 g/mol. The van der Waals surface area contributed by atoms with Crippen molar-refractivity contribution in [1.82, 2.24) is 10.6 Å². The molecule has 138 valence electrons. The van der Waals surface area contributed by atoms with Crippen molar-refractivity contribution in [2.24, 2.45) is 4.99 Å². The molecule has 0 radical (unpaired) electrons. The van der Waals surface area contributed by atoms with Crippen molar-refractivity contribution in [2.75, 3.05) is 7.05 Å². The molecule has 0 aliphatic carbocycles. The summed E-state index contributed by atoms with van der Waals surface area (Å²) in [5.41, 5.74) is 0.666. The molecule has 6 nitrogen and oxygen atoms in total. The monoisotopic (exact) mass is 366 g/mol. The van der Waals surface area contributed by atoms with E-state index in [1.165, 1.54) is 24.3 Å². The van der Waals surface area contributed by atoms with Crippen LogP contribution in [0.2, 0.25) is 0 Å². The van der Waals surface area contributed by atoms with Gasteiger partial charge in [0.25, 0.3) is 5.69 Å². The molecule has 0 amide bonds. The van der Waals surface area contributed by atoms with Gasteiger partial charge in [0.15, 0.2) is 5.96 Å². The Morgan fingerprint density at radius 3 is 2.23 bits per heavy atom. The van der Waals surface area contributed by atoms with Crippen LogP contribution in [-0.4, -0.2) is 17.9 Å². The van der Waals surface area contributed by atoms with Crippen LogP contribution in [0.4, 0.5) is 18.9 Å². The summed E-state index contributed by atoms with van der Waals surface area (Å²) in [5.74, 6) is 0.427. The van der Waals surface area contributed by atoms with E-state index in [1.54, 1.807) is 19.2 Å². The number of nitrogens with zero attached hydrogens (tertiary/aromatic N) is 2. The van der Waals surface area contributed by atoms with E-state index in [0.717, 1.165) is 12.1 Å². The van der Waals surface area contributed by atoms with Crippen molar-refractivity contribution >= 4 is 11.6 Å². The number of alkyl halides is 3. The summed E-state index contributed by atoms with van der Waals surface area (Å²) in [6.07, 6.45) is -4.36. The summed E-state index contributed by atoms with van der Waals surface area (Å²) in [4.78, 5) is 14.3. The maximum atomic E-state index is 12.5. The third-order valence-electron chi connectivity index (χ3n) is 3.55. The Balaban J connectivity index is 1.90. The summed E-state index contributed by atoms with van der Waals surface area (Å²) in [7, 11) is 1.55. The first-order valence-electron chi connectivity index (χ1n) is 7.63. The van der Waals surface area contributed by atoms with E-state index >= 15 is 0 Å². The highest BCUT2D eigenvalue weighted by molar-refractivity contribution is 5.79. The molecule has 26 heavy (non-hydrogen) atoms. The number of nitrogens with one attached hydrogen (secondary N) is 2. The molecule has 0 fully saturated rings. The van der Waals surface area contributed by atoms with E-state index in [0.29, 0.717) is 23.6 Å². The van der Waals surface area contributed by atoms with Crippen LogP contribution in [0.25, 0.3) is 0 Å². The molecule has 0 aliphatic heterocycles. The highest BCUT2D eigenvalue weighted by atomic mass is 19.4. The Labute approximate surface area is 147 Å². The van der Waals surface area contributed by atoms with Crippen molar-refractivity contribution in [1.29, 1.82) is 0 Å². The number of non-ortho nitro benzene ring substituents is 1. The zero-order valence-corrected chi connectivity index (χ0v) is 13.9. The zero-order valence-electron chi connectivity index (χ0n) is 13.9. The summed E-state index contributed by atoms with van der Waals surface area (Å²) < 4.78 is 37.6. The molecule has 0 saturated heterocycles. The first-order valence-corrected chi connectivity index (χ1v) is 7.63. The van der Waals surface area contributed by atoms with Gasteiger partial charge in [0, 0.05) is 32.3 Å². The highest BCUT2D eigenvalue weighted by Gasteiger charge is 2.29. The van der Waals surface area contributed by atoms with Crippen molar-refractivity contribution < 1.29 is 18.1 Å². The number of aliphatic imine (C=N–C) groups is 1. The molecular weight excluding hydrogens is 349 g/mol. The average Bonchev–Trinajstić information content (AvgIpc) is 2.61. The van der Waals surface area contributed by atoms with Gasteiger partial charge in [0.05, 0.1) is 10.5 Å². The quantitative estimate of drug-likeness (QED) is 0.367. The maximum Gasteiger partial charge on any atom is 0.416 e. The fraction of sp³-hybridized carbons (Fsp3) is 0.235. The predicted octanol–water partition coefficient (Wildman–Crippen LogP) is 3.48. The van der Waals surface area contributed by atoms with E-state index in [2.05, 4.69) is 15.6 Å². The Kier molecular flexibility index (Phi) is 6.16. The normalized spacial score (nSPS) is 11.9. The van der Waals surface area contributed by atoms with Crippen molar-refractivity contribution in [2.45, 2.75) is 19.3 Å². The van der Waals surface area contributed by atoms with Gasteiger partial charge in [-0.1, -0.05) is 24.3 Å². The van der Waals surface area contributed by atoms with Crippen molar-refractivity contribution in [3.05, 3.63) is 75.3 Å². The standard InChI is InChI=1S/C17H17F3N4O2/c1-21-16(23-11-13-3-2-4-15(9-13)24(25)26)22-10-12-5-7-14(8-6-12)17(18,19)20/h2-9H,10-11H2,1H3,(H2,21,22,23). The highest BCUT2D eigenvalue weighted by Crippen LogP contribution is 2.29. The largest absolute Gasteiger partial charge is 0.416 e. The molecule has 0 heterocycles. The van der Waals surface area contributed by atoms with E-state index in [9.17, 15) is 23.3 Å². The van der Waals surface area contributed by atoms with Gasteiger partial charge in [-0.05, 0) is 23.3 Å². The first kappa shape index (κ1) is 19.2. The van der Waals surface area contributed by atoms with Gasteiger partial charge in [0.2, 0.25) is 0 Å². The molecule has 2 aromatic carbocycles. The molecule has 0 aromatic heterocycles. The summed E-state index contributed by atoms with van der Waals surface area (Å²) in [6.45, 7) is 0.598. The van der Waals surface area contributed by atoms with Crippen LogP contribution in [0, 0.1) is 10.1 Å². The molecule has 0 spiro atoms. The van der Waals surface area contributed by atoms with Crippen LogP contribution in [0.1, 0.15) is 16.7 Å². The fourth-order valence-corrected chi connectivity index (χ4v) is 2.18. The summed E-state index contributed by atoms with van der Waals surface area (Å²) >= 11 is 0. The van der Waals surface area contributed by atoms with E-state index in [1.807, 2.05) is 0 Å². The molecule has 0 saturated carbocycles. The molecule has 0 aliphatic rings. The van der Waals surface area contributed by atoms with Gasteiger partial charge in [-0.3, -0.25) is 15.1 Å². The van der Waals surface area contributed by atoms with Gasteiger partial charge < -0.3 is 10.6 Å². The Morgan fingerprint density at radius 2 is 1.69 bits per heavy atom. The number of nitro groups is 1. The molecule has 0 unspecified atom stereocenters. The van der Waals surface area contributed by atoms with Crippen LogP contribution in [0.15, 0.2) is 53.5 Å². The van der Waals surface area contributed by atoms with Crippen LogP contribution >= 0.6 is 0 Å². The topological polar surface area (TPSA) is 79.6 Å². The van der Waals surface area contributed by atoms with Crippen LogP contribution in [0.3, 0.4) is 0 Å². The lowest BCUT2D eigenvalue weighted by molar-refractivity contribution is -0.384. The molecule has 0 bridgehead atoms. The van der Waals surface area contributed by atoms with Gasteiger partial charge >= 0.3 is 6.18 Å². The second kappa shape index (κ2) is 8.32. The predicted molar refractivity (Wildman–Crippen MR) is 91.6 cm³/mol. The molecular formula is C17H17F3N4O2. The SMILES string of the molecule is CN=C(NCc1ccc(C(F)(F)F)cc1)NCc1cccc([N+](=O)[O-])c1. The Hall–Kier alpha value is -3.10. The lowest BCUT2D eigenvalue weighted by Gasteiger charge is -2.13. The number of halogens is 3. The molecule has 9 heteroatoms. The fourth-order valence-electron chi connectivity index (χ4n) is 2.18. The number of nitro benzene ring substituents is 1. The van der Waals surface area contributed by atoms with Crippen molar-refractivity contribution in [3.8, 4) is 0 Å². The Morgan fingerprint density at radius 1 is 1.08 bits per heavy atom. The van der Waals surface area contributed by atoms with Gasteiger partial charge in [0.1, 0.15) is 0 Å². The third-order valence-corrected chi connectivity index (χ3v) is 3.55.